The van der Waals surface area contributed by atoms with Crippen LogP contribution in [0.2, 0.25) is 0 Å². The van der Waals surface area contributed by atoms with Gasteiger partial charge < -0.3 is 14.8 Å². The van der Waals surface area contributed by atoms with Crippen molar-refractivity contribution in [2.75, 3.05) is 6.61 Å². The van der Waals surface area contributed by atoms with Crippen LogP contribution in [0.15, 0.2) is 30.4 Å². The molecule has 0 aromatic carbocycles. The average molecular weight is 217 g/mol. The maximum Gasteiger partial charge on any atom is 0.196 e. The standard InChI is InChI=1S/C13H15NO2/c1-2-16-13(15)12-9-10-7-5-3-4-6-8-11(10)14-12/h3-9,13-15H,2H2,1H3/b4-3?,5-3-,6-4-,7-5?,8-6?,10-7-,11-8+. The molecule has 3 nitrogen and oxygen atoms in total. The number of aromatic amines is 1. The Kier molecular flexibility index (Phi) is 3.39. The van der Waals surface area contributed by atoms with Gasteiger partial charge >= 0.3 is 0 Å². The van der Waals surface area contributed by atoms with Crippen LogP contribution >= 0.6 is 0 Å². The van der Waals surface area contributed by atoms with Crippen LogP contribution in [-0.4, -0.2) is 16.7 Å². The minimum atomic E-state index is -0.881. The van der Waals surface area contributed by atoms with Crippen molar-refractivity contribution >= 4 is 12.2 Å². The number of rotatable bonds is 3. The number of aromatic nitrogens is 1. The van der Waals surface area contributed by atoms with Crippen LogP contribution < -0.4 is 10.6 Å². The summed E-state index contributed by atoms with van der Waals surface area (Å²) in [7, 11) is 0. The second-order valence-electron chi connectivity index (χ2n) is 3.50. The van der Waals surface area contributed by atoms with Crippen molar-refractivity contribution in [1.82, 2.24) is 4.98 Å². The maximum atomic E-state index is 9.69. The molecule has 0 fully saturated rings. The summed E-state index contributed by atoms with van der Waals surface area (Å²) in [6.07, 6.45) is 10.9. The molecule has 0 saturated carbocycles. The highest BCUT2D eigenvalue weighted by Gasteiger charge is 2.08. The van der Waals surface area contributed by atoms with Crippen LogP contribution in [0.4, 0.5) is 0 Å². The lowest BCUT2D eigenvalue weighted by molar-refractivity contribution is -0.100. The largest absolute Gasteiger partial charge is 0.363 e. The van der Waals surface area contributed by atoms with Crippen LogP contribution in [0.1, 0.15) is 18.9 Å². The van der Waals surface area contributed by atoms with Gasteiger partial charge in [-0.25, -0.2) is 0 Å². The summed E-state index contributed by atoms with van der Waals surface area (Å²) in [4.78, 5) is 3.14. The fourth-order valence-corrected chi connectivity index (χ4v) is 1.60. The molecule has 0 aliphatic heterocycles. The summed E-state index contributed by atoms with van der Waals surface area (Å²) in [6, 6.07) is 1.90. The van der Waals surface area contributed by atoms with Crippen LogP contribution in [0.3, 0.4) is 0 Å². The van der Waals surface area contributed by atoms with Crippen LogP contribution in [-0.2, 0) is 4.74 Å². The van der Waals surface area contributed by atoms with Crippen LogP contribution in [0, 0.1) is 0 Å². The van der Waals surface area contributed by atoms with E-state index in [0.29, 0.717) is 12.3 Å². The number of H-pyrrole nitrogens is 1. The van der Waals surface area contributed by atoms with E-state index in [4.69, 9.17) is 4.74 Å². The summed E-state index contributed by atoms with van der Waals surface area (Å²) in [5, 5.41) is 11.7. The highest BCUT2D eigenvalue weighted by molar-refractivity contribution is 5.47. The second-order valence-corrected chi connectivity index (χ2v) is 3.50. The number of hydrogen-bond donors (Lipinski definition) is 2. The molecular weight excluding hydrogens is 202 g/mol. The second kappa shape index (κ2) is 4.96. The number of hydrogen-bond acceptors (Lipinski definition) is 2. The normalized spacial score (nSPS) is 23.9. The van der Waals surface area contributed by atoms with Crippen LogP contribution in [0.25, 0.3) is 12.2 Å². The molecule has 1 atom stereocenters. The summed E-state index contributed by atoms with van der Waals surface area (Å²) in [5.74, 6) is 0. The molecule has 1 aromatic rings. The van der Waals surface area contributed by atoms with Crippen molar-refractivity contribution < 1.29 is 9.84 Å². The van der Waals surface area contributed by atoms with Gasteiger partial charge in [0.25, 0.3) is 0 Å². The fraction of sp³-hybridized carbons (Fsp3) is 0.231. The first-order valence-electron chi connectivity index (χ1n) is 5.35. The number of fused-ring (bicyclic) bond motifs is 1. The van der Waals surface area contributed by atoms with Crippen molar-refractivity contribution in [2.24, 2.45) is 0 Å². The topological polar surface area (TPSA) is 45.2 Å². The number of nitrogens with one attached hydrogen (secondary N) is 1. The van der Waals surface area contributed by atoms with E-state index < -0.39 is 6.29 Å². The first-order valence-corrected chi connectivity index (χ1v) is 5.35. The Labute approximate surface area is 94.1 Å². The van der Waals surface area contributed by atoms with Gasteiger partial charge in [0.05, 0.1) is 5.69 Å². The molecule has 1 aliphatic carbocycles. The molecule has 0 bridgehead atoms. The third-order valence-electron chi connectivity index (χ3n) is 2.36. The average Bonchev–Trinajstić information content (AvgIpc) is 2.61. The molecular formula is C13H15NO2. The highest BCUT2D eigenvalue weighted by Crippen LogP contribution is 2.07. The molecule has 1 aliphatic rings. The quantitative estimate of drug-likeness (QED) is 0.733. The summed E-state index contributed by atoms with van der Waals surface area (Å²) in [6.45, 7) is 2.34. The third-order valence-corrected chi connectivity index (χ3v) is 2.36. The molecule has 16 heavy (non-hydrogen) atoms. The van der Waals surface area contributed by atoms with E-state index in [-0.39, 0.29) is 0 Å². The lowest BCUT2D eigenvalue weighted by Gasteiger charge is -2.07. The molecule has 2 N–H and O–H groups in total. The molecule has 0 amide bonds. The van der Waals surface area contributed by atoms with E-state index in [1.165, 1.54) is 0 Å². The minimum absolute atomic E-state index is 0.484. The van der Waals surface area contributed by atoms with Crippen molar-refractivity contribution in [3.05, 3.63) is 46.6 Å². The Bertz CT molecular complexity index is 481. The predicted octanol–water partition coefficient (Wildman–Crippen LogP) is 0.729. The smallest absolute Gasteiger partial charge is 0.196 e. The Morgan fingerprint density at radius 2 is 2.00 bits per heavy atom. The molecule has 1 unspecified atom stereocenters. The Hall–Kier alpha value is -1.58. The third kappa shape index (κ3) is 2.32. The van der Waals surface area contributed by atoms with Gasteiger partial charge in [0, 0.05) is 12.0 Å². The molecule has 1 heterocycles. The van der Waals surface area contributed by atoms with Crippen molar-refractivity contribution in [1.29, 1.82) is 0 Å². The van der Waals surface area contributed by atoms with Crippen molar-refractivity contribution in [3.63, 3.8) is 0 Å². The van der Waals surface area contributed by atoms with E-state index in [2.05, 4.69) is 4.98 Å². The molecule has 0 saturated heterocycles. The zero-order valence-corrected chi connectivity index (χ0v) is 9.18. The lowest BCUT2D eigenvalue weighted by Crippen LogP contribution is -2.21. The fourth-order valence-electron chi connectivity index (χ4n) is 1.60. The number of allylic oxidation sites excluding steroid dienone is 4. The molecule has 0 spiro atoms. The first-order chi connectivity index (χ1) is 7.81. The zero-order chi connectivity index (χ0) is 11.4. The van der Waals surface area contributed by atoms with Gasteiger partial charge in [-0.2, -0.15) is 0 Å². The van der Waals surface area contributed by atoms with Crippen molar-refractivity contribution in [2.45, 2.75) is 13.2 Å². The molecule has 2 rings (SSSR count). The van der Waals surface area contributed by atoms with Gasteiger partial charge in [-0.15, -0.1) is 0 Å². The molecule has 3 heteroatoms. The SMILES string of the molecule is CCOC(O)c1cc2/c([nH]1)=C\C=C/C=C\C=2. The van der Waals surface area contributed by atoms with Crippen LogP contribution in [0.5, 0.6) is 0 Å². The lowest BCUT2D eigenvalue weighted by atomic mass is 10.3. The van der Waals surface area contributed by atoms with Gasteiger partial charge in [-0.1, -0.05) is 30.4 Å². The van der Waals surface area contributed by atoms with E-state index in [1.54, 1.807) is 0 Å². The predicted molar refractivity (Wildman–Crippen MR) is 63.8 cm³/mol. The van der Waals surface area contributed by atoms with Gasteiger partial charge in [-0.3, -0.25) is 0 Å². The molecule has 0 radical (unpaired) electrons. The summed E-state index contributed by atoms with van der Waals surface area (Å²) >= 11 is 0. The molecule has 84 valence electrons. The van der Waals surface area contributed by atoms with E-state index in [1.807, 2.05) is 49.4 Å². The minimum Gasteiger partial charge on any atom is -0.363 e. The van der Waals surface area contributed by atoms with E-state index in [9.17, 15) is 5.11 Å². The Morgan fingerprint density at radius 3 is 2.75 bits per heavy atom. The van der Waals surface area contributed by atoms with Gasteiger partial charge in [-0.05, 0) is 24.3 Å². The number of aliphatic hydroxyl groups is 1. The number of ether oxygens (including phenoxy) is 1. The van der Waals surface area contributed by atoms with Gasteiger partial charge in [0.15, 0.2) is 6.29 Å². The van der Waals surface area contributed by atoms with E-state index >= 15 is 0 Å². The van der Waals surface area contributed by atoms with Crippen molar-refractivity contribution in [3.8, 4) is 0 Å². The Balaban J connectivity index is 2.43. The van der Waals surface area contributed by atoms with E-state index in [0.717, 1.165) is 10.6 Å². The zero-order valence-electron chi connectivity index (χ0n) is 9.18. The Morgan fingerprint density at radius 1 is 1.25 bits per heavy atom. The maximum absolute atomic E-state index is 9.69. The summed E-state index contributed by atoms with van der Waals surface area (Å²) in [5.41, 5.74) is 0.683. The molecule has 1 aromatic heterocycles. The van der Waals surface area contributed by atoms with Gasteiger partial charge in [0.1, 0.15) is 0 Å². The highest BCUT2D eigenvalue weighted by atomic mass is 16.6. The van der Waals surface area contributed by atoms with Gasteiger partial charge in [0.2, 0.25) is 0 Å². The monoisotopic (exact) mass is 217 g/mol. The number of aliphatic hydroxyl groups excluding tert-OH is 1. The summed E-state index contributed by atoms with van der Waals surface area (Å²) < 4.78 is 5.13. The first kappa shape index (κ1) is 10.9.